The number of rotatable bonds is 7. The predicted molar refractivity (Wildman–Crippen MR) is 86.9 cm³/mol. The van der Waals surface area contributed by atoms with Gasteiger partial charge < -0.3 is 15.5 Å². The van der Waals surface area contributed by atoms with Crippen LogP contribution in [0.5, 0.6) is 0 Å². The van der Waals surface area contributed by atoms with E-state index in [1.54, 1.807) is 0 Å². The molecule has 4 amide bonds. The molecule has 11 heteroatoms. The molecule has 2 heterocycles. The third-order valence-corrected chi connectivity index (χ3v) is 4.20. The lowest BCUT2D eigenvalue weighted by molar-refractivity contribution is -0.196. The Morgan fingerprint density at radius 3 is 2.35 bits per heavy atom. The van der Waals surface area contributed by atoms with Crippen molar-refractivity contribution < 1.29 is 28.8 Å². The second kappa shape index (κ2) is 8.72. The Bertz CT molecular complexity index is 593. The van der Waals surface area contributed by atoms with E-state index in [0.717, 1.165) is 13.1 Å². The van der Waals surface area contributed by atoms with Crippen LogP contribution in [0.15, 0.2) is 0 Å². The number of nitrogens with zero attached hydrogens (tertiary/aromatic N) is 3. The summed E-state index contributed by atoms with van der Waals surface area (Å²) in [5.74, 6) is -3.01. The summed E-state index contributed by atoms with van der Waals surface area (Å²) in [4.78, 5) is 66.7. The first-order chi connectivity index (χ1) is 12.3. The van der Waals surface area contributed by atoms with Gasteiger partial charge in [-0.15, -0.1) is 5.06 Å². The van der Waals surface area contributed by atoms with Crippen LogP contribution in [0.1, 0.15) is 19.8 Å². The van der Waals surface area contributed by atoms with E-state index < -0.39 is 36.4 Å². The van der Waals surface area contributed by atoms with Crippen LogP contribution >= 0.6 is 0 Å². The first-order valence-electron chi connectivity index (χ1n) is 8.38. The molecule has 0 bridgehead atoms. The van der Waals surface area contributed by atoms with Gasteiger partial charge >= 0.3 is 5.97 Å². The van der Waals surface area contributed by atoms with Gasteiger partial charge in [0.25, 0.3) is 17.7 Å². The fourth-order valence-corrected chi connectivity index (χ4v) is 2.79. The molecule has 0 aromatic rings. The second-order valence-corrected chi connectivity index (χ2v) is 6.02. The van der Waals surface area contributed by atoms with E-state index in [4.69, 9.17) is 0 Å². The zero-order valence-corrected chi connectivity index (χ0v) is 14.8. The van der Waals surface area contributed by atoms with Crippen LogP contribution in [0.2, 0.25) is 0 Å². The Morgan fingerprint density at radius 2 is 1.73 bits per heavy atom. The monoisotopic (exact) mass is 369 g/mol. The van der Waals surface area contributed by atoms with Crippen LogP contribution in [-0.4, -0.2) is 90.4 Å². The highest BCUT2D eigenvalue weighted by molar-refractivity contribution is 6.01. The minimum absolute atomic E-state index is 0.00506. The number of imide groups is 1. The van der Waals surface area contributed by atoms with Gasteiger partial charge in [0.2, 0.25) is 5.91 Å². The Balaban J connectivity index is 1.70. The van der Waals surface area contributed by atoms with E-state index in [1.807, 2.05) is 23.8 Å². The lowest BCUT2D eigenvalue weighted by Gasteiger charge is -2.25. The predicted octanol–water partition coefficient (Wildman–Crippen LogP) is -2.58. The summed E-state index contributed by atoms with van der Waals surface area (Å²) in [6.07, 6.45) is -0.436. The molecule has 2 fully saturated rings. The lowest BCUT2D eigenvalue weighted by atomic mass is 10.3. The number of carbonyl (C=O) groups excluding carboxylic acids is 5. The minimum Gasteiger partial charge on any atom is -0.344 e. The number of carbonyl (C=O) groups is 5. The van der Waals surface area contributed by atoms with Crippen LogP contribution in [0.3, 0.4) is 0 Å². The third kappa shape index (κ3) is 4.76. The largest absolute Gasteiger partial charge is 0.352 e. The molecule has 2 saturated heterocycles. The van der Waals surface area contributed by atoms with Crippen molar-refractivity contribution in [3.63, 3.8) is 0 Å². The zero-order chi connectivity index (χ0) is 19.3. The molecule has 144 valence electrons. The number of amides is 4. The highest BCUT2D eigenvalue weighted by Gasteiger charge is 2.34. The molecule has 2 N–H and O–H groups in total. The highest BCUT2D eigenvalue weighted by Crippen LogP contribution is 2.12. The standard InChI is InChI=1S/C15H23N5O6/c1-3-19-7-6-18(2)15(19)14(25)17-8-10(21)16-9-13(24)26-20-11(22)4-5-12(20)23/h15H,3-9H2,1-2H3,(H,16,21)(H,17,25). The maximum Gasteiger partial charge on any atom is 0.352 e. The van der Waals surface area contributed by atoms with E-state index in [2.05, 4.69) is 15.5 Å². The van der Waals surface area contributed by atoms with E-state index in [1.165, 1.54) is 0 Å². The molecule has 0 aromatic heterocycles. The molecule has 2 aliphatic rings. The first kappa shape index (κ1) is 19.8. The van der Waals surface area contributed by atoms with E-state index in [-0.39, 0.29) is 25.3 Å². The Labute approximate surface area is 150 Å². The fraction of sp³-hybridized carbons (Fsp3) is 0.667. The summed E-state index contributed by atoms with van der Waals surface area (Å²) in [6, 6.07) is 0. The van der Waals surface area contributed by atoms with Gasteiger partial charge in [-0.05, 0) is 13.6 Å². The molecule has 1 unspecified atom stereocenters. The van der Waals surface area contributed by atoms with Gasteiger partial charge in [0.1, 0.15) is 12.7 Å². The van der Waals surface area contributed by atoms with Crippen LogP contribution in [0, 0.1) is 0 Å². The maximum absolute atomic E-state index is 12.2. The first-order valence-corrected chi connectivity index (χ1v) is 8.38. The Hall–Kier alpha value is -2.53. The van der Waals surface area contributed by atoms with Crippen molar-refractivity contribution in [1.82, 2.24) is 25.5 Å². The molecule has 2 rings (SSSR count). The Kier molecular flexibility index (Phi) is 6.64. The zero-order valence-electron chi connectivity index (χ0n) is 14.8. The molecule has 0 radical (unpaired) electrons. The van der Waals surface area contributed by atoms with Crippen molar-refractivity contribution in [3.05, 3.63) is 0 Å². The summed E-state index contributed by atoms with van der Waals surface area (Å²) in [7, 11) is 1.83. The third-order valence-electron chi connectivity index (χ3n) is 4.20. The Morgan fingerprint density at radius 1 is 1.08 bits per heavy atom. The smallest absolute Gasteiger partial charge is 0.344 e. The summed E-state index contributed by atoms with van der Waals surface area (Å²) in [5, 5.41) is 5.20. The van der Waals surface area contributed by atoms with Gasteiger partial charge in [-0.1, -0.05) is 6.92 Å². The molecule has 0 saturated carbocycles. The number of hydroxylamine groups is 2. The van der Waals surface area contributed by atoms with E-state index in [0.29, 0.717) is 11.6 Å². The van der Waals surface area contributed by atoms with Gasteiger partial charge in [-0.2, -0.15) is 0 Å². The SMILES string of the molecule is CCN1CCN(C)C1C(=O)NCC(=O)NCC(=O)ON1C(=O)CCC1=O. The van der Waals surface area contributed by atoms with Crippen LogP contribution in [0.4, 0.5) is 0 Å². The molecule has 0 spiro atoms. The fourth-order valence-electron chi connectivity index (χ4n) is 2.79. The molecule has 2 aliphatic heterocycles. The van der Waals surface area contributed by atoms with E-state index >= 15 is 0 Å². The molecular formula is C15H23N5O6. The van der Waals surface area contributed by atoms with Gasteiger partial charge in [-0.3, -0.25) is 29.0 Å². The summed E-state index contributed by atoms with van der Waals surface area (Å²) in [6.45, 7) is 3.39. The van der Waals surface area contributed by atoms with Crippen molar-refractivity contribution in [1.29, 1.82) is 0 Å². The van der Waals surface area contributed by atoms with Crippen LogP contribution in [0.25, 0.3) is 0 Å². The van der Waals surface area contributed by atoms with Crippen molar-refractivity contribution in [2.45, 2.75) is 25.9 Å². The quantitative estimate of drug-likeness (QED) is 0.468. The average molecular weight is 369 g/mol. The lowest BCUT2D eigenvalue weighted by Crippen LogP contribution is -2.51. The maximum atomic E-state index is 12.2. The number of hydrogen-bond donors (Lipinski definition) is 2. The number of nitrogens with one attached hydrogen (secondary N) is 2. The van der Waals surface area contributed by atoms with Gasteiger partial charge in [0.05, 0.1) is 6.54 Å². The number of hydrogen-bond acceptors (Lipinski definition) is 8. The molecule has 1 atom stereocenters. The van der Waals surface area contributed by atoms with Crippen molar-refractivity contribution in [2.75, 3.05) is 39.8 Å². The summed E-state index contributed by atoms with van der Waals surface area (Å²) >= 11 is 0. The summed E-state index contributed by atoms with van der Waals surface area (Å²) < 4.78 is 0. The molecular weight excluding hydrogens is 346 g/mol. The number of likely N-dealkylation sites (N-methyl/N-ethyl adjacent to an activating group) is 2. The normalized spacial score (nSPS) is 21.2. The van der Waals surface area contributed by atoms with Crippen LogP contribution in [-0.2, 0) is 28.8 Å². The molecule has 26 heavy (non-hydrogen) atoms. The van der Waals surface area contributed by atoms with E-state index in [9.17, 15) is 24.0 Å². The summed E-state index contributed by atoms with van der Waals surface area (Å²) in [5.41, 5.74) is 0. The highest BCUT2D eigenvalue weighted by atomic mass is 16.7. The molecule has 0 aromatic carbocycles. The van der Waals surface area contributed by atoms with Crippen LogP contribution < -0.4 is 10.6 Å². The van der Waals surface area contributed by atoms with Crippen molar-refractivity contribution in [2.24, 2.45) is 0 Å². The van der Waals surface area contributed by atoms with Crippen molar-refractivity contribution in [3.8, 4) is 0 Å². The van der Waals surface area contributed by atoms with Gasteiger partial charge in [0.15, 0.2) is 0 Å². The van der Waals surface area contributed by atoms with Gasteiger partial charge in [-0.25, -0.2) is 4.79 Å². The minimum atomic E-state index is -0.944. The molecule has 11 nitrogen and oxygen atoms in total. The second-order valence-electron chi connectivity index (χ2n) is 6.02. The van der Waals surface area contributed by atoms with Gasteiger partial charge in [0, 0.05) is 25.9 Å². The molecule has 0 aliphatic carbocycles. The topological polar surface area (TPSA) is 128 Å². The average Bonchev–Trinajstić information content (AvgIpc) is 3.14. The van der Waals surface area contributed by atoms with Crippen molar-refractivity contribution >= 4 is 29.6 Å².